The Morgan fingerprint density at radius 2 is 1.75 bits per heavy atom. The zero-order valence-corrected chi connectivity index (χ0v) is 19.3. The minimum absolute atomic E-state index is 0.0125. The third kappa shape index (κ3) is 4.17. The lowest BCUT2D eigenvalue weighted by Crippen LogP contribution is -2.57. The Hall–Kier alpha value is -2.61. The molecule has 3 aliphatic rings. The second-order valence-corrected chi connectivity index (χ2v) is 9.51. The summed E-state index contributed by atoms with van der Waals surface area (Å²) < 4.78 is 99.6. The maximum atomic E-state index is 16.3. The standard InChI is InChI=1S/C22H25F7N4O3/c1-9-15-14(18(34)32-19(35)31-15)16(36-2)17(23)20(9,11-3-4-11)33-6-5-10(8-33)12(30)7-13(21(24,25)26)22(27,28)29/h7,9-12H,3-6,8,30H2,1-2H3,(H2,31,32,34,35). The lowest BCUT2D eigenvalue weighted by atomic mass is 9.71. The number of aromatic nitrogens is 2. The largest absolute Gasteiger partial charge is 0.493 e. The van der Waals surface area contributed by atoms with Crippen LogP contribution in [0.2, 0.25) is 0 Å². The first-order valence-electron chi connectivity index (χ1n) is 11.3. The Labute approximate surface area is 200 Å². The van der Waals surface area contributed by atoms with Crippen molar-refractivity contribution >= 4 is 5.76 Å². The minimum Gasteiger partial charge on any atom is -0.493 e. The van der Waals surface area contributed by atoms with Crippen LogP contribution in [0.5, 0.6) is 0 Å². The summed E-state index contributed by atoms with van der Waals surface area (Å²) in [6, 6.07) is -1.59. The van der Waals surface area contributed by atoms with Crippen LogP contribution in [0, 0.1) is 11.8 Å². The molecule has 1 aromatic rings. The molecule has 0 spiro atoms. The molecule has 4 N–H and O–H groups in total. The predicted octanol–water partition coefficient (Wildman–Crippen LogP) is 3.31. The van der Waals surface area contributed by atoms with Crippen molar-refractivity contribution in [2.24, 2.45) is 17.6 Å². The van der Waals surface area contributed by atoms with Gasteiger partial charge in [-0.3, -0.25) is 14.7 Å². The van der Waals surface area contributed by atoms with E-state index in [4.69, 9.17) is 10.5 Å². The molecule has 1 saturated heterocycles. The highest BCUT2D eigenvalue weighted by molar-refractivity contribution is 5.69. The van der Waals surface area contributed by atoms with Gasteiger partial charge in [-0.25, -0.2) is 9.18 Å². The van der Waals surface area contributed by atoms with Crippen LogP contribution in [0.4, 0.5) is 30.7 Å². The van der Waals surface area contributed by atoms with E-state index in [0.29, 0.717) is 12.8 Å². The molecule has 1 saturated carbocycles. The number of allylic oxidation sites excluding steroid dienone is 1. The van der Waals surface area contributed by atoms with Gasteiger partial charge in [-0.05, 0) is 37.6 Å². The predicted molar refractivity (Wildman–Crippen MR) is 114 cm³/mol. The highest BCUT2D eigenvalue weighted by atomic mass is 19.4. The third-order valence-electron chi connectivity index (χ3n) is 7.51. The van der Waals surface area contributed by atoms with Crippen molar-refractivity contribution in [2.75, 3.05) is 20.2 Å². The summed E-state index contributed by atoms with van der Waals surface area (Å²) >= 11 is 0. The topological polar surface area (TPSA) is 104 Å². The van der Waals surface area contributed by atoms with Crippen LogP contribution in [-0.2, 0) is 4.74 Å². The van der Waals surface area contributed by atoms with Crippen molar-refractivity contribution in [3.8, 4) is 0 Å². The monoisotopic (exact) mass is 526 g/mol. The van der Waals surface area contributed by atoms with E-state index in [1.807, 2.05) is 4.98 Å². The molecular formula is C22H25F7N4O3. The van der Waals surface area contributed by atoms with Crippen molar-refractivity contribution in [1.82, 2.24) is 14.9 Å². The zero-order valence-electron chi connectivity index (χ0n) is 19.3. The number of nitrogens with one attached hydrogen (secondary N) is 2. The number of likely N-dealkylation sites (tertiary alicyclic amines) is 1. The number of methoxy groups -OCH3 is 1. The molecule has 4 atom stereocenters. The maximum Gasteiger partial charge on any atom is 0.421 e. The highest BCUT2D eigenvalue weighted by Crippen LogP contribution is 2.59. The number of hydrogen-bond acceptors (Lipinski definition) is 5. The van der Waals surface area contributed by atoms with Crippen LogP contribution >= 0.6 is 0 Å². The molecule has 0 amide bonds. The Kier molecular flexibility index (Phi) is 6.43. The second-order valence-electron chi connectivity index (χ2n) is 9.51. The Bertz CT molecular complexity index is 1200. The number of hydrogen-bond donors (Lipinski definition) is 3. The molecule has 0 bridgehead atoms. The molecule has 14 heteroatoms. The quantitative estimate of drug-likeness (QED) is 0.404. The molecule has 0 radical (unpaired) electrons. The molecule has 200 valence electrons. The first-order valence-corrected chi connectivity index (χ1v) is 11.3. The molecule has 2 heterocycles. The van der Waals surface area contributed by atoms with E-state index in [2.05, 4.69) is 4.98 Å². The number of ether oxygens (including phenoxy) is 1. The van der Waals surface area contributed by atoms with E-state index in [-0.39, 0.29) is 48.5 Å². The molecule has 0 aromatic carbocycles. The Morgan fingerprint density at radius 1 is 1.14 bits per heavy atom. The molecule has 7 nitrogen and oxygen atoms in total. The SMILES string of the molecule is COC1=C(F)C(C2CC2)(N2CCC(C(N)C=C(C(F)(F)F)C(F)(F)F)C2)C(C)c2[nH]c(=O)[nH]c(=O)c21. The number of alkyl halides is 6. The Morgan fingerprint density at radius 3 is 2.28 bits per heavy atom. The fraction of sp³-hybridized carbons (Fsp3) is 0.636. The van der Waals surface area contributed by atoms with Crippen molar-refractivity contribution < 1.29 is 35.5 Å². The number of halogens is 7. The van der Waals surface area contributed by atoms with E-state index in [1.165, 1.54) is 7.11 Å². The maximum absolute atomic E-state index is 16.3. The van der Waals surface area contributed by atoms with Gasteiger partial charge in [0.15, 0.2) is 11.6 Å². The molecule has 4 rings (SSSR count). The average molecular weight is 526 g/mol. The molecule has 1 aromatic heterocycles. The van der Waals surface area contributed by atoms with Gasteiger partial charge >= 0.3 is 18.0 Å². The molecule has 1 aliphatic heterocycles. The van der Waals surface area contributed by atoms with Crippen molar-refractivity contribution in [3.63, 3.8) is 0 Å². The van der Waals surface area contributed by atoms with Gasteiger partial charge in [0, 0.05) is 24.2 Å². The highest BCUT2D eigenvalue weighted by Gasteiger charge is 2.61. The fourth-order valence-corrected chi connectivity index (χ4v) is 5.79. The van der Waals surface area contributed by atoms with E-state index in [1.54, 1.807) is 11.8 Å². The summed E-state index contributed by atoms with van der Waals surface area (Å²) in [6.07, 6.45) is -9.97. The van der Waals surface area contributed by atoms with Crippen molar-refractivity contribution in [3.05, 3.63) is 49.6 Å². The number of nitrogens with zero attached hydrogens (tertiary/aromatic N) is 1. The van der Waals surface area contributed by atoms with Crippen molar-refractivity contribution in [1.29, 1.82) is 0 Å². The fourth-order valence-electron chi connectivity index (χ4n) is 5.79. The first kappa shape index (κ1) is 26.5. The van der Waals surface area contributed by atoms with Gasteiger partial charge in [-0.2, -0.15) is 26.3 Å². The lowest BCUT2D eigenvalue weighted by molar-refractivity contribution is -0.172. The van der Waals surface area contributed by atoms with Crippen LogP contribution < -0.4 is 17.0 Å². The summed E-state index contributed by atoms with van der Waals surface area (Å²) in [7, 11) is 1.17. The average Bonchev–Trinajstić information content (AvgIpc) is 3.48. The van der Waals surface area contributed by atoms with Crippen molar-refractivity contribution in [2.45, 2.75) is 56.0 Å². The molecule has 2 aliphatic carbocycles. The van der Waals surface area contributed by atoms with E-state index < -0.39 is 58.4 Å². The van der Waals surface area contributed by atoms with Gasteiger partial charge in [-0.15, -0.1) is 0 Å². The molecule has 36 heavy (non-hydrogen) atoms. The smallest absolute Gasteiger partial charge is 0.421 e. The van der Waals surface area contributed by atoms with E-state index >= 15 is 4.39 Å². The first-order chi connectivity index (χ1) is 16.6. The summed E-state index contributed by atoms with van der Waals surface area (Å²) in [5.74, 6) is -3.01. The summed E-state index contributed by atoms with van der Waals surface area (Å²) in [6.45, 7) is 1.67. The second kappa shape index (κ2) is 8.75. The third-order valence-corrected chi connectivity index (χ3v) is 7.51. The van der Waals surface area contributed by atoms with Gasteiger partial charge < -0.3 is 15.5 Å². The van der Waals surface area contributed by atoms with Crippen LogP contribution in [0.15, 0.2) is 27.1 Å². The number of aromatic amines is 2. The molecule has 2 fully saturated rings. The number of rotatable bonds is 5. The van der Waals surface area contributed by atoms with Gasteiger partial charge in [0.05, 0.1) is 12.6 Å². The van der Waals surface area contributed by atoms with Gasteiger partial charge in [0.25, 0.3) is 5.56 Å². The summed E-state index contributed by atoms with van der Waals surface area (Å²) in [5, 5.41) is 0. The number of H-pyrrole nitrogens is 2. The summed E-state index contributed by atoms with van der Waals surface area (Å²) in [4.78, 5) is 30.8. The number of nitrogens with two attached hydrogens (primary N) is 1. The van der Waals surface area contributed by atoms with Gasteiger partial charge in [0.2, 0.25) is 0 Å². The van der Waals surface area contributed by atoms with Crippen LogP contribution in [0.3, 0.4) is 0 Å². The van der Waals surface area contributed by atoms with E-state index in [0.717, 1.165) is 0 Å². The van der Waals surface area contributed by atoms with Crippen LogP contribution in [-0.4, -0.2) is 59.0 Å². The lowest BCUT2D eigenvalue weighted by Gasteiger charge is -2.48. The van der Waals surface area contributed by atoms with Crippen LogP contribution in [0.25, 0.3) is 5.76 Å². The van der Waals surface area contributed by atoms with E-state index in [9.17, 15) is 35.9 Å². The summed E-state index contributed by atoms with van der Waals surface area (Å²) in [5.41, 5.74) is 0.0765. The number of fused-ring (bicyclic) bond motifs is 1. The molecule has 4 unspecified atom stereocenters. The molecular weight excluding hydrogens is 501 g/mol. The van der Waals surface area contributed by atoms with Gasteiger partial charge in [-0.1, -0.05) is 13.0 Å². The minimum atomic E-state index is -5.63. The van der Waals surface area contributed by atoms with Crippen LogP contribution in [0.1, 0.15) is 43.4 Å². The zero-order chi connectivity index (χ0) is 26.8. The van der Waals surface area contributed by atoms with Gasteiger partial charge in [0.1, 0.15) is 11.1 Å². The normalized spacial score (nSPS) is 28.2. The Balaban J connectivity index is 1.75.